The van der Waals surface area contributed by atoms with Crippen molar-refractivity contribution in [1.29, 1.82) is 0 Å². The second kappa shape index (κ2) is 6.57. The van der Waals surface area contributed by atoms with Crippen LogP contribution < -0.4 is 0 Å². The van der Waals surface area contributed by atoms with Crippen LogP contribution in [0.4, 0.5) is 13.2 Å². The van der Waals surface area contributed by atoms with Crippen LogP contribution in [0.1, 0.15) is 36.1 Å². The van der Waals surface area contributed by atoms with Gasteiger partial charge in [-0.1, -0.05) is 57.8 Å². The van der Waals surface area contributed by atoms with Crippen LogP contribution in [-0.2, 0) is 22.8 Å². The first-order valence-electron chi connectivity index (χ1n) is 8.80. The Morgan fingerprint density at radius 1 is 1.07 bits per heavy atom. The Bertz CT molecular complexity index is 1200. The van der Waals surface area contributed by atoms with Gasteiger partial charge in [-0.05, 0) is 62.9 Å². The number of halogens is 5. The van der Waals surface area contributed by atoms with Crippen LogP contribution in [0.15, 0.2) is 45.3 Å². The normalized spacial score (nSPS) is 14.7. The summed E-state index contributed by atoms with van der Waals surface area (Å²) in [5.74, 6) is -1.08. The number of rotatable bonds is 2. The van der Waals surface area contributed by atoms with E-state index in [2.05, 4.69) is 31.9 Å². The minimum absolute atomic E-state index is 0.320. The van der Waals surface area contributed by atoms with E-state index >= 15 is 0 Å². The van der Waals surface area contributed by atoms with Crippen LogP contribution in [0.3, 0.4) is 0 Å². The van der Waals surface area contributed by atoms with E-state index in [-0.39, 0.29) is 6.42 Å². The van der Waals surface area contributed by atoms with Crippen molar-refractivity contribution in [2.24, 2.45) is 0 Å². The molecule has 0 saturated carbocycles. The molecule has 1 aliphatic carbocycles. The van der Waals surface area contributed by atoms with Crippen molar-refractivity contribution in [1.82, 2.24) is 0 Å². The molecular weight excluding hydrogens is 513 g/mol. The van der Waals surface area contributed by atoms with Crippen molar-refractivity contribution in [2.45, 2.75) is 31.9 Å². The standard InChI is InChI=1S/C22H15Br2F3O2/c1-21(2)16-5-10(6-18(28)29)14-7-11(22(25,26)27)3-4-13(14)19(16)15-8-12(23)9-17(24)20(15)21/h3-5,7-9H,6H2,1-2H3,(H,28,29). The second-order valence-electron chi connectivity index (χ2n) is 7.72. The molecule has 29 heavy (non-hydrogen) atoms. The second-order valence-corrected chi connectivity index (χ2v) is 9.49. The number of benzene rings is 3. The molecule has 0 aliphatic heterocycles. The Kier molecular flexibility index (Phi) is 4.63. The summed E-state index contributed by atoms with van der Waals surface area (Å²) in [4.78, 5) is 11.4. The zero-order valence-corrected chi connectivity index (χ0v) is 18.6. The molecule has 0 bridgehead atoms. The predicted octanol–water partition coefficient (Wildman–Crippen LogP) is 7.32. The fourth-order valence-electron chi connectivity index (χ4n) is 4.31. The molecule has 150 valence electrons. The van der Waals surface area contributed by atoms with E-state index in [1.54, 1.807) is 6.07 Å². The molecule has 3 aromatic carbocycles. The van der Waals surface area contributed by atoms with Crippen LogP contribution in [0.5, 0.6) is 0 Å². The van der Waals surface area contributed by atoms with E-state index in [1.807, 2.05) is 26.0 Å². The number of hydrogen-bond acceptors (Lipinski definition) is 1. The van der Waals surface area contributed by atoms with Gasteiger partial charge < -0.3 is 5.11 Å². The summed E-state index contributed by atoms with van der Waals surface area (Å²) in [6.45, 7) is 4.08. The van der Waals surface area contributed by atoms with Gasteiger partial charge in [-0.2, -0.15) is 13.2 Å². The number of fused-ring (bicyclic) bond motifs is 5. The molecule has 0 radical (unpaired) electrons. The molecule has 1 N–H and O–H groups in total. The molecule has 0 atom stereocenters. The summed E-state index contributed by atoms with van der Waals surface area (Å²) in [6.07, 6.45) is -4.85. The van der Waals surface area contributed by atoms with Crippen LogP contribution in [0.2, 0.25) is 0 Å². The lowest BCUT2D eigenvalue weighted by atomic mass is 9.80. The Balaban J connectivity index is 2.15. The summed E-state index contributed by atoms with van der Waals surface area (Å²) in [6, 6.07) is 9.24. The summed E-state index contributed by atoms with van der Waals surface area (Å²) in [5, 5.41) is 10.3. The topological polar surface area (TPSA) is 37.3 Å². The molecule has 0 amide bonds. The van der Waals surface area contributed by atoms with Gasteiger partial charge in [0.1, 0.15) is 0 Å². The predicted molar refractivity (Wildman–Crippen MR) is 113 cm³/mol. The first-order valence-corrected chi connectivity index (χ1v) is 10.4. The fourth-order valence-corrected chi connectivity index (χ4v) is 6.03. The highest BCUT2D eigenvalue weighted by Gasteiger charge is 2.39. The van der Waals surface area contributed by atoms with Gasteiger partial charge in [0, 0.05) is 14.4 Å². The lowest BCUT2D eigenvalue weighted by Crippen LogP contribution is -2.16. The first-order chi connectivity index (χ1) is 13.4. The maximum atomic E-state index is 13.3. The van der Waals surface area contributed by atoms with Gasteiger partial charge in [-0.3, -0.25) is 4.79 Å². The van der Waals surface area contributed by atoms with Crippen LogP contribution in [0.25, 0.3) is 21.9 Å². The zero-order valence-electron chi connectivity index (χ0n) is 15.4. The SMILES string of the molecule is CC1(C)c2cc(CC(=O)O)c3cc(C(F)(F)F)ccc3c2-c2cc(Br)cc(Br)c21. The van der Waals surface area contributed by atoms with E-state index < -0.39 is 23.1 Å². The third-order valence-electron chi connectivity index (χ3n) is 5.51. The summed E-state index contributed by atoms with van der Waals surface area (Å²) in [7, 11) is 0. The van der Waals surface area contributed by atoms with E-state index in [0.717, 1.165) is 43.3 Å². The maximum absolute atomic E-state index is 13.3. The quantitative estimate of drug-likeness (QED) is 0.379. The molecule has 4 rings (SSSR count). The fraction of sp³-hybridized carbons (Fsp3) is 0.227. The van der Waals surface area contributed by atoms with Gasteiger partial charge in [-0.25, -0.2) is 0 Å². The van der Waals surface area contributed by atoms with Crippen LogP contribution >= 0.6 is 31.9 Å². The Labute approximate surface area is 182 Å². The monoisotopic (exact) mass is 526 g/mol. The first kappa shape index (κ1) is 20.4. The molecule has 0 unspecified atom stereocenters. The van der Waals surface area contributed by atoms with Gasteiger partial charge in [0.25, 0.3) is 0 Å². The van der Waals surface area contributed by atoms with Crippen LogP contribution in [0, 0.1) is 0 Å². The van der Waals surface area contributed by atoms with Crippen molar-refractivity contribution >= 4 is 48.6 Å². The van der Waals surface area contributed by atoms with Gasteiger partial charge in [0.05, 0.1) is 12.0 Å². The molecule has 3 aromatic rings. The third kappa shape index (κ3) is 3.19. The van der Waals surface area contributed by atoms with Crippen molar-refractivity contribution in [3.8, 4) is 11.1 Å². The minimum atomic E-state index is -4.50. The van der Waals surface area contributed by atoms with E-state index in [4.69, 9.17) is 0 Å². The lowest BCUT2D eigenvalue weighted by Gasteiger charge is -2.24. The number of hydrogen-bond donors (Lipinski definition) is 1. The summed E-state index contributed by atoms with van der Waals surface area (Å²) >= 11 is 7.12. The average Bonchev–Trinajstić information content (AvgIpc) is 2.80. The summed E-state index contributed by atoms with van der Waals surface area (Å²) < 4.78 is 41.7. The molecule has 7 heteroatoms. The third-order valence-corrected chi connectivity index (χ3v) is 6.60. The number of carboxylic acids is 1. The Morgan fingerprint density at radius 3 is 2.38 bits per heavy atom. The number of carbonyl (C=O) groups is 1. The molecule has 0 fully saturated rings. The van der Waals surface area contributed by atoms with Crippen molar-refractivity contribution < 1.29 is 23.1 Å². The zero-order chi connectivity index (χ0) is 21.3. The number of carboxylic acid groups (broad SMARTS) is 1. The van der Waals surface area contributed by atoms with E-state index in [1.165, 1.54) is 6.07 Å². The molecule has 0 spiro atoms. The number of aliphatic carboxylic acids is 1. The van der Waals surface area contributed by atoms with Gasteiger partial charge in [0.2, 0.25) is 0 Å². The van der Waals surface area contributed by atoms with Crippen LogP contribution in [-0.4, -0.2) is 11.1 Å². The van der Waals surface area contributed by atoms with Gasteiger partial charge in [0.15, 0.2) is 0 Å². The van der Waals surface area contributed by atoms with E-state index in [9.17, 15) is 23.1 Å². The molecular formula is C22H15Br2F3O2. The van der Waals surface area contributed by atoms with Crippen molar-refractivity contribution in [3.05, 3.63) is 67.6 Å². The lowest BCUT2D eigenvalue weighted by molar-refractivity contribution is -0.137. The van der Waals surface area contributed by atoms with Gasteiger partial charge >= 0.3 is 12.1 Å². The van der Waals surface area contributed by atoms with Crippen molar-refractivity contribution in [3.63, 3.8) is 0 Å². The largest absolute Gasteiger partial charge is 0.481 e. The average molecular weight is 528 g/mol. The molecule has 0 aromatic heterocycles. The smallest absolute Gasteiger partial charge is 0.416 e. The van der Waals surface area contributed by atoms with Gasteiger partial charge in [-0.15, -0.1) is 0 Å². The highest BCUT2D eigenvalue weighted by atomic mass is 79.9. The molecule has 0 heterocycles. The maximum Gasteiger partial charge on any atom is 0.416 e. The van der Waals surface area contributed by atoms with Crippen molar-refractivity contribution in [2.75, 3.05) is 0 Å². The minimum Gasteiger partial charge on any atom is -0.481 e. The summed E-state index contributed by atoms with van der Waals surface area (Å²) in [5.41, 5.74) is 2.88. The highest BCUT2D eigenvalue weighted by Crippen LogP contribution is 2.55. The molecule has 1 aliphatic rings. The Hall–Kier alpha value is -1.86. The molecule has 0 saturated heterocycles. The molecule has 2 nitrogen and oxygen atoms in total. The number of alkyl halides is 3. The van der Waals surface area contributed by atoms with E-state index in [0.29, 0.717) is 16.3 Å². The highest BCUT2D eigenvalue weighted by molar-refractivity contribution is 9.11. The Morgan fingerprint density at radius 2 is 1.76 bits per heavy atom.